The molecule has 70 valence electrons. The van der Waals surface area contributed by atoms with Crippen LogP contribution in [-0.2, 0) is 19.5 Å². The van der Waals surface area contributed by atoms with Crippen molar-refractivity contribution in [2.24, 2.45) is 0 Å². The highest BCUT2D eigenvalue weighted by Crippen LogP contribution is 2.33. The molecule has 12 heavy (non-hydrogen) atoms. The first-order valence-electron chi connectivity index (χ1n) is 3.75. The largest absolute Gasteiger partial charge is 0.354 e. The molecule has 2 unspecified atom stereocenters. The third-order valence-electron chi connectivity index (χ3n) is 2.14. The van der Waals surface area contributed by atoms with Crippen LogP contribution in [0.2, 0.25) is 0 Å². The number of rotatable bonds is 1. The molecule has 2 rings (SSSR count). The van der Waals surface area contributed by atoms with E-state index in [1.165, 1.54) is 10.6 Å². The minimum absolute atomic E-state index is 0.0162. The van der Waals surface area contributed by atoms with Crippen LogP contribution in [0, 0.1) is 0 Å². The second-order valence-electron chi connectivity index (χ2n) is 3.09. The molecule has 2 fully saturated rings. The van der Waals surface area contributed by atoms with Gasteiger partial charge >= 0.3 is 0 Å². The van der Waals surface area contributed by atoms with E-state index >= 15 is 0 Å². The minimum Gasteiger partial charge on any atom is -0.354 e. The van der Waals surface area contributed by atoms with Crippen LogP contribution in [0.15, 0.2) is 0 Å². The third-order valence-corrected chi connectivity index (χ3v) is 3.44. The lowest BCUT2D eigenvalue weighted by Gasteiger charge is -2.04. The van der Waals surface area contributed by atoms with Gasteiger partial charge in [-0.25, -0.2) is 8.42 Å². The topological polar surface area (TPSA) is 55.6 Å². The third kappa shape index (κ3) is 1.35. The first-order valence-corrected chi connectivity index (χ1v) is 5.59. The standard InChI is InChI=1S/C6H11NO4S/c1-12(8,9)7-5-2-10-4-11-3-6(5)7/h5-6H,2-4H2,1H3. The Labute approximate surface area is 71.3 Å². The fraction of sp³-hybridized carbons (Fsp3) is 1.00. The molecule has 2 saturated heterocycles. The summed E-state index contributed by atoms with van der Waals surface area (Å²) in [6, 6.07) is 0.0324. The zero-order chi connectivity index (χ0) is 8.77. The summed E-state index contributed by atoms with van der Waals surface area (Å²) in [4.78, 5) is 0. The molecule has 0 radical (unpaired) electrons. The van der Waals surface area contributed by atoms with E-state index in [2.05, 4.69) is 0 Å². The first-order chi connectivity index (χ1) is 5.61. The Morgan fingerprint density at radius 3 is 2.17 bits per heavy atom. The fourth-order valence-corrected chi connectivity index (χ4v) is 2.90. The Hall–Kier alpha value is -0.170. The Balaban J connectivity index is 2.07. The molecule has 0 saturated carbocycles. The number of sulfonamides is 1. The molecule has 0 amide bonds. The molecule has 0 aromatic heterocycles. The van der Waals surface area contributed by atoms with Crippen LogP contribution < -0.4 is 0 Å². The van der Waals surface area contributed by atoms with E-state index in [-0.39, 0.29) is 18.9 Å². The maximum atomic E-state index is 11.1. The Kier molecular flexibility index (Phi) is 1.87. The molecule has 2 aliphatic heterocycles. The van der Waals surface area contributed by atoms with Crippen molar-refractivity contribution in [3.63, 3.8) is 0 Å². The highest BCUT2D eigenvalue weighted by atomic mass is 32.2. The van der Waals surface area contributed by atoms with Gasteiger partial charge in [-0.15, -0.1) is 0 Å². The monoisotopic (exact) mass is 193 g/mol. The van der Waals surface area contributed by atoms with Crippen molar-refractivity contribution in [2.45, 2.75) is 12.1 Å². The molecular weight excluding hydrogens is 182 g/mol. The molecule has 0 N–H and O–H groups in total. The summed E-state index contributed by atoms with van der Waals surface area (Å²) in [7, 11) is -3.06. The molecule has 0 aromatic carbocycles. The van der Waals surface area contributed by atoms with Crippen molar-refractivity contribution >= 4 is 10.0 Å². The lowest BCUT2D eigenvalue weighted by Crippen LogP contribution is -2.18. The van der Waals surface area contributed by atoms with Crippen molar-refractivity contribution in [2.75, 3.05) is 26.3 Å². The second kappa shape index (κ2) is 2.66. The van der Waals surface area contributed by atoms with E-state index < -0.39 is 10.0 Å². The summed E-state index contributed by atoms with van der Waals surface area (Å²) >= 11 is 0. The number of fused-ring (bicyclic) bond motifs is 1. The van der Waals surface area contributed by atoms with Gasteiger partial charge in [0, 0.05) is 0 Å². The highest BCUT2D eigenvalue weighted by molar-refractivity contribution is 7.88. The molecule has 0 aromatic rings. The van der Waals surface area contributed by atoms with E-state index in [9.17, 15) is 8.42 Å². The van der Waals surface area contributed by atoms with Gasteiger partial charge in [0.15, 0.2) is 0 Å². The van der Waals surface area contributed by atoms with Crippen LogP contribution in [0.1, 0.15) is 0 Å². The number of hydrogen-bond acceptors (Lipinski definition) is 4. The average molecular weight is 193 g/mol. The van der Waals surface area contributed by atoms with Gasteiger partial charge in [-0.2, -0.15) is 4.31 Å². The van der Waals surface area contributed by atoms with Gasteiger partial charge in [0.2, 0.25) is 10.0 Å². The summed E-state index contributed by atoms with van der Waals surface area (Å²) in [5, 5.41) is 0. The molecule has 0 bridgehead atoms. The van der Waals surface area contributed by atoms with Crippen LogP contribution in [0.25, 0.3) is 0 Å². The van der Waals surface area contributed by atoms with E-state index in [1.54, 1.807) is 0 Å². The molecule has 2 aliphatic rings. The molecule has 2 atom stereocenters. The normalized spacial score (nSPS) is 41.6. The van der Waals surface area contributed by atoms with Crippen LogP contribution in [-0.4, -0.2) is 51.1 Å². The van der Waals surface area contributed by atoms with Gasteiger partial charge in [-0.1, -0.05) is 0 Å². The van der Waals surface area contributed by atoms with E-state index in [1.807, 2.05) is 0 Å². The zero-order valence-electron chi connectivity index (χ0n) is 6.76. The molecule has 6 heteroatoms. The number of nitrogens with zero attached hydrogens (tertiary/aromatic N) is 1. The Morgan fingerprint density at radius 2 is 1.75 bits per heavy atom. The molecule has 0 aliphatic carbocycles. The van der Waals surface area contributed by atoms with Crippen molar-refractivity contribution in [3.8, 4) is 0 Å². The number of hydrogen-bond donors (Lipinski definition) is 0. The lowest BCUT2D eigenvalue weighted by molar-refractivity contribution is -0.0435. The van der Waals surface area contributed by atoms with Crippen LogP contribution in [0.5, 0.6) is 0 Å². The zero-order valence-corrected chi connectivity index (χ0v) is 7.58. The van der Waals surface area contributed by atoms with E-state index in [0.717, 1.165) is 0 Å². The summed E-state index contributed by atoms with van der Waals surface area (Å²) < 4.78 is 33.7. The number of ether oxygens (including phenoxy) is 2. The SMILES string of the molecule is CS(=O)(=O)N1C2COCOCC21. The predicted molar refractivity (Wildman–Crippen MR) is 41.0 cm³/mol. The van der Waals surface area contributed by atoms with Gasteiger partial charge < -0.3 is 9.47 Å². The summed E-state index contributed by atoms with van der Waals surface area (Å²) in [6.07, 6.45) is 1.21. The maximum Gasteiger partial charge on any atom is 0.211 e. The van der Waals surface area contributed by atoms with Crippen molar-refractivity contribution in [1.82, 2.24) is 4.31 Å². The van der Waals surface area contributed by atoms with E-state index in [4.69, 9.17) is 9.47 Å². The second-order valence-corrected chi connectivity index (χ2v) is 4.97. The van der Waals surface area contributed by atoms with Crippen LogP contribution >= 0.6 is 0 Å². The maximum absolute atomic E-state index is 11.1. The molecule has 2 heterocycles. The van der Waals surface area contributed by atoms with Gasteiger partial charge in [0.1, 0.15) is 6.79 Å². The average Bonchev–Trinajstić information content (AvgIpc) is 2.54. The lowest BCUT2D eigenvalue weighted by atomic mass is 10.3. The summed E-state index contributed by atoms with van der Waals surface area (Å²) in [5.74, 6) is 0. The van der Waals surface area contributed by atoms with Crippen molar-refractivity contribution in [3.05, 3.63) is 0 Å². The smallest absolute Gasteiger partial charge is 0.211 e. The van der Waals surface area contributed by atoms with Crippen LogP contribution in [0.3, 0.4) is 0 Å². The Morgan fingerprint density at radius 1 is 1.25 bits per heavy atom. The van der Waals surface area contributed by atoms with E-state index in [0.29, 0.717) is 13.2 Å². The predicted octanol–water partition coefficient (Wildman–Crippen LogP) is -0.997. The Bertz CT molecular complexity index is 263. The summed E-state index contributed by atoms with van der Waals surface area (Å²) in [5.41, 5.74) is 0. The first kappa shape index (κ1) is 8.43. The fourth-order valence-electron chi connectivity index (χ4n) is 1.57. The molecular formula is C6H11NO4S. The van der Waals surface area contributed by atoms with Crippen molar-refractivity contribution < 1.29 is 17.9 Å². The van der Waals surface area contributed by atoms with Crippen molar-refractivity contribution in [1.29, 1.82) is 0 Å². The van der Waals surface area contributed by atoms with Gasteiger partial charge in [-0.05, 0) is 0 Å². The quantitative estimate of drug-likeness (QED) is 0.501. The highest BCUT2D eigenvalue weighted by Gasteiger charge is 2.54. The minimum atomic E-state index is -3.06. The molecule has 0 spiro atoms. The molecule has 5 nitrogen and oxygen atoms in total. The van der Waals surface area contributed by atoms with Crippen LogP contribution in [0.4, 0.5) is 0 Å². The summed E-state index contributed by atoms with van der Waals surface area (Å²) in [6.45, 7) is 1.19. The van der Waals surface area contributed by atoms with Gasteiger partial charge in [0.05, 0.1) is 31.6 Å². The van der Waals surface area contributed by atoms with Gasteiger partial charge in [-0.3, -0.25) is 0 Å². The van der Waals surface area contributed by atoms with Gasteiger partial charge in [0.25, 0.3) is 0 Å².